The number of hydrogen-bond donors (Lipinski definition) is 2. The number of thioether (sulfide) groups is 1. The zero-order valence-electron chi connectivity index (χ0n) is 15.7. The van der Waals surface area contributed by atoms with E-state index in [1.165, 1.54) is 0 Å². The van der Waals surface area contributed by atoms with Gasteiger partial charge in [0.25, 0.3) is 0 Å². The van der Waals surface area contributed by atoms with Crippen LogP contribution >= 0.6 is 27.7 Å². The van der Waals surface area contributed by atoms with E-state index >= 15 is 0 Å². The predicted octanol–water partition coefficient (Wildman–Crippen LogP) is 3.10. The number of nitrogens with one attached hydrogen (secondary N) is 2. The van der Waals surface area contributed by atoms with Gasteiger partial charge in [0.05, 0.1) is 0 Å². The summed E-state index contributed by atoms with van der Waals surface area (Å²) in [6, 6.07) is 7.95. The summed E-state index contributed by atoms with van der Waals surface area (Å²) in [7, 11) is 3.57. The van der Waals surface area contributed by atoms with Crippen LogP contribution in [-0.4, -0.2) is 55.0 Å². The lowest BCUT2D eigenvalue weighted by Crippen LogP contribution is -2.44. The molecule has 0 heterocycles. The van der Waals surface area contributed by atoms with Gasteiger partial charge in [-0.2, -0.15) is 11.8 Å². The Bertz CT molecular complexity index is 592. The highest BCUT2D eigenvalue weighted by molar-refractivity contribution is 9.10. The second kappa shape index (κ2) is 10.7. The zero-order chi connectivity index (χ0) is 18.9. The van der Waals surface area contributed by atoms with Crippen molar-refractivity contribution in [2.45, 2.75) is 31.6 Å². The number of aliphatic imine (C=N–C) groups is 1. The molecule has 1 amide bonds. The smallest absolute Gasteiger partial charge is 0.224 e. The minimum atomic E-state index is 0.100. The van der Waals surface area contributed by atoms with Crippen molar-refractivity contribution in [1.82, 2.24) is 15.5 Å². The molecule has 7 heteroatoms. The van der Waals surface area contributed by atoms with Crippen molar-refractivity contribution in [3.8, 4) is 0 Å². The first kappa shape index (κ1) is 21.8. The number of rotatable bonds is 8. The molecule has 5 nitrogen and oxygen atoms in total. The molecule has 1 rings (SSSR count). The highest BCUT2D eigenvalue weighted by Gasteiger charge is 2.16. The fourth-order valence-electron chi connectivity index (χ4n) is 2.04. The lowest BCUT2D eigenvalue weighted by molar-refractivity contribution is -0.130. The summed E-state index contributed by atoms with van der Waals surface area (Å²) >= 11 is 5.32. The molecule has 0 spiro atoms. The molecule has 0 radical (unpaired) electrons. The van der Waals surface area contributed by atoms with Crippen LogP contribution < -0.4 is 10.6 Å². The topological polar surface area (TPSA) is 56.7 Å². The van der Waals surface area contributed by atoms with E-state index in [1.807, 2.05) is 31.3 Å². The van der Waals surface area contributed by atoms with Gasteiger partial charge in [-0.05, 0) is 31.7 Å². The van der Waals surface area contributed by atoms with Crippen molar-refractivity contribution in [3.05, 3.63) is 34.3 Å². The maximum absolute atomic E-state index is 12.3. The summed E-state index contributed by atoms with van der Waals surface area (Å²) in [5.41, 5.74) is 1.10. The van der Waals surface area contributed by atoms with Gasteiger partial charge in [0.1, 0.15) is 0 Å². The molecule has 0 aliphatic rings. The van der Waals surface area contributed by atoms with Crippen LogP contribution in [-0.2, 0) is 11.3 Å². The molecule has 0 saturated carbocycles. The third kappa shape index (κ3) is 8.14. The monoisotopic (exact) mass is 428 g/mol. The quantitative estimate of drug-likeness (QED) is 0.493. The standard InChI is InChI=1S/C18H29BrN4OS/c1-18(2,25-5)13-22-17(20-3)21-11-10-16(24)23(4)12-14-8-6-7-9-15(14)19/h6-9H,10-13H2,1-5H3,(H2,20,21,22). The Morgan fingerprint density at radius 2 is 2.00 bits per heavy atom. The van der Waals surface area contributed by atoms with E-state index in [-0.39, 0.29) is 10.7 Å². The average Bonchev–Trinajstić information content (AvgIpc) is 2.59. The molecule has 0 aliphatic carbocycles. The third-order valence-electron chi connectivity index (χ3n) is 3.88. The zero-order valence-corrected chi connectivity index (χ0v) is 18.1. The summed E-state index contributed by atoms with van der Waals surface area (Å²) in [4.78, 5) is 18.2. The molecule has 0 bridgehead atoms. The fourth-order valence-corrected chi connectivity index (χ4v) is 2.67. The molecule has 0 aromatic heterocycles. The van der Waals surface area contributed by atoms with Crippen molar-refractivity contribution in [3.63, 3.8) is 0 Å². The number of benzene rings is 1. The Hall–Kier alpha value is -1.21. The van der Waals surface area contributed by atoms with Crippen LogP contribution in [0.2, 0.25) is 0 Å². The van der Waals surface area contributed by atoms with Crippen LogP contribution in [0.3, 0.4) is 0 Å². The summed E-state index contributed by atoms with van der Waals surface area (Å²) in [6.45, 7) is 6.31. The van der Waals surface area contributed by atoms with Crippen molar-refractivity contribution in [2.75, 3.05) is 33.4 Å². The second-order valence-electron chi connectivity index (χ2n) is 6.41. The van der Waals surface area contributed by atoms with Gasteiger partial charge < -0.3 is 15.5 Å². The van der Waals surface area contributed by atoms with Crippen molar-refractivity contribution < 1.29 is 4.79 Å². The molecule has 0 atom stereocenters. The van der Waals surface area contributed by atoms with Gasteiger partial charge in [0, 0.05) is 49.4 Å². The Balaban J connectivity index is 2.38. The maximum Gasteiger partial charge on any atom is 0.224 e. The summed E-state index contributed by atoms with van der Waals surface area (Å²) in [6.07, 6.45) is 2.52. The minimum absolute atomic E-state index is 0.100. The van der Waals surface area contributed by atoms with Gasteiger partial charge in [-0.3, -0.25) is 9.79 Å². The molecule has 0 fully saturated rings. The lowest BCUT2D eigenvalue weighted by atomic mass is 10.2. The predicted molar refractivity (Wildman–Crippen MR) is 112 cm³/mol. The summed E-state index contributed by atoms with van der Waals surface area (Å²) in [5, 5.41) is 6.50. The molecule has 0 saturated heterocycles. The van der Waals surface area contributed by atoms with E-state index in [9.17, 15) is 4.79 Å². The second-order valence-corrected chi connectivity index (χ2v) is 8.78. The molecule has 1 aromatic carbocycles. The van der Waals surface area contributed by atoms with E-state index in [1.54, 1.807) is 23.7 Å². The highest BCUT2D eigenvalue weighted by atomic mass is 79.9. The summed E-state index contributed by atoms with van der Waals surface area (Å²) < 4.78 is 1.16. The number of nitrogens with zero attached hydrogens (tertiary/aromatic N) is 2. The molecular weight excluding hydrogens is 400 g/mol. The van der Waals surface area contributed by atoms with E-state index in [0.717, 1.165) is 22.5 Å². The van der Waals surface area contributed by atoms with E-state index < -0.39 is 0 Å². The largest absolute Gasteiger partial charge is 0.356 e. The normalized spacial score (nSPS) is 12.0. The minimum Gasteiger partial charge on any atom is -0.356 e. The van der Waals surface area contributed by atoms with Crippen LogP contribution in [0, 0.1) is 0 Å². The average molecular weight is 429 g/mol. The van der Waals surface area contributed by atoms with Crippen LogP contribution in [0.15, 0.2) is 33.7 Å². The number of guanidine groups is 1. The highest BCUT2D eigenvalue weighted by Crippen LogP contribution is 2.19. The molecule has 25 heavy (non-hydrogen) atoms. The van der Waals surface area contributed by atoms with Gasteiger partial charge in [-0.15, -0.1) is 0 Å². The first-order valence-corrected chi connectivity index (χ1v) is 10.3. The Morgan fingerprint density at radius 3 is 2.60 bits per heavy atom. The Kier molecular flexibility index (Phi) is 9.35. The van der Waals surface area contributed by atoms with Crippen LogP contribution in [0.25, 0.3) is 0 Å². The number of carbonyl (C=O) groups is 1. The summed E-state index contributed by atoms with van der Waals surface area (Å²) in [5.74, 6) is 0.825. The fraction of sp³-hybridized carbons (Fsp3) is 0.556. The molecule has 0 unspecified atom stereocenters. The van der Waals surface area contributed by atoms with Crippen LogP contribution in [0.1, 0.15) is 25.8 Å². The molecule has 140 valence electrons. The number of hydrogen-bond acceptors (Lipinski definition) is 3. The number of halogens is 1. The SMILES string of the molecule is CN=C(NCCC(=O)N(C)Cc1ccccc1Br)NCC(C)(C)SC. The molecule has 0 aliphatic heterocycles. The van der Waals surface area contributed by atoms with Crippen molar-refractivity contribution in [2.24, 2.45) is 4.99 Å². The Morgan fingerprint density at radius 1 is 1.32 bits per heavy atom. The van der Waals surface area contributed by atoms with E-state index in [2.05, 4.69) is 51.7 Å². The van der Waals surface area contributed by atoms with Gasteiger partial charge in [0.2, 0.25) is 5.91 Å². The van der Waals surface area contributed by atoms with Gasteiger partial charge in [-0.25, -0.2) is 0 Å². The number of carbonyl (C=O) groups excluding carboxylic acids is 1. The molecule has 2 N–H and O–H groups in total. The van der Waals surface area contributed by atoms with Crippen molar-refractivity contribution >= 4 is 39.6 Å². The van der Waals surface area contributed by atoms with E-state index in [0.29, 0.717) is 19.5 Å². The number of amides is 1. The van der Waals surface area contributed by atoms with E-state index in [4.69, 9.17) is 0 Å². The molecule has 1 aromatic rings. The van der Waals surface area contributed by atoms with Gasteiger partial charge in [0.15, 0.2) is 5.96 Å². The van der Waals surface area contributed by atoms with Crippen molar-refractivity contribution in [1.29, 1.82) is 0 Å². The van der Waals surface area contributed by atoms with Crippen LogP contribution in [0.4, 0.5) is 0 Å². The third-order valence-corrected chi connectivity index (χ3v) is 5.90. The molecular formula is C18H29BrN4OS. The van der Waals surface area contributed by atoms with Gasteiger partial charge in [-0.1, -0.05) is 34.1 Å². The van der Waals surface area contributed by atoms with Crippen LogP contribution in [0.5, 0.6) is 0 Å². The lowest BCUT2D eigenvalue weighted by Gasteiger charge is -2.24. The van der Waals surface area contributed by atoms with Gasteiger partial charge >= 0.3 is 0 Å². The Labute approximate surface area is 164 Å². The first-order valence-electron chi connectivity index (χ1n) is 8.26. The maximum atomic E-state index is 12.3. The first-order chi connectivity index (χ1) is 11.8.